The average Bonchev–Trinajstić information content (AvgIpc) is 1.99. The van der Waals surface area contributed by atoms with E-state index in [1.54, 1.807) is 0 Å². The van der Waals surface area contributed by atoms with E-state index in [4.69, 9.17) is 10.00 Å². The highest BCUT2D eigenvalue weighted by Crippen LogP contribution is 2.08. The van der Waals surface area contributed by atoms with Gasteiger partial charge in [0.15, 0.2) is 0 Å². The molecule has 4 nitrogen and oxygen atoms in total. The zero-order chi connectivity index (χ0) is 12.1. The van der Waals surface area contributed by atoms with Gasteiger partial charge in [0.05, 0.1) is 6.07 Å². The van der Waals surface area contributed by atoms with Crippen LogP contribution in [0.3, 0.4) is 0 Å². The quantitative estimate of drug-likeness (QED) is 0.781. The summed E-state index contributed by atoms with van der Waals surface area (Å²) >= 11 is 0. The molecule has 0 aliphatic rings. The van der Waals surface area contributed by atoms with Crippen LogP contribution in [0.15, 0.2) is 0 Å². The minimum absolute atomic E-state index is 0.0468. The monoisotopic (exact) mass is 212 g/mol. The standard InChI is InChI=1S/C11H20N2O2/c1-8(7-12)6-9(2)13-10(14)15-11(3,4)5/h8-9H,6H2,1-5H3,(H,13,14). The number of alkyl carbamates (subject to hydrolysis) is 1. The van der Waals surface area contributed by atoms with E-state index in [0.717, 1.165) is 0 Å². The van der Waals surface area contributed by atoms with Gasteiger partial charge in [-0.25, -0.2) is 4.79 Å². The number of carbonyl (C=O) groups excluding carboxylic acids is 1. The molecule has 0 heterocycles. The van der Waals surface area contributed by atoms with Crippen LogP contribution in [0.25, 0.3) is 0 Å². The van der Waals surface area contributed by atoms with E-state index in [1.165, 1.54) is 0 Å². The van der Waals surface area contributed by atoms with Gasteiger partial charge in [-0.1, -0.05) is 0 Å². The predicted molar refractivity (Wildman–Crippen MR) is 58.2 cm³/mol. The van der Waals surface area contributed by atoms with Crippen molar-refractivity contribution < 1.29 is 9.53 Å². The third-order valence-corrected chi connectivity index (χ3v) is 1.69. The lowest BCUT2D eigenvalue weighted by Gasteiger charge is -2.22. The molecule has 2 atom stereocenters. The van der Waals surface area contributed by atoms with Crippen LogP contribution in [-0.2, 0) is 4.74 Å². The summed E-state index contributed by atoms with van der Waals surface area (Å²) in [6.07, 6.45) is 0.204. The number of rotatable bonds is 3. The number of nitrogens with one attached hydrogen (secondary N) is 1. The summed E-state index contributed by atoms with van der Waals surface area (Å²) in [5.41, 5.74) is -0.482. The average molecular weight is 212 g/mol. The molecule has 86 valence electrons. The van der Waals surface area contributed by atoms with E-state index in [2.05, 4.69) is 11.4 Å². The van der Waals surface area contributed by atoms with Gasteiger partial charge < -0.3 is 10.1 Å². The smallest absolute Gasteiger partial charge is 0.407 e. The Labute approximate surface area is 91.6 Å². The van der Waals surface area contributed by atoms with Crippen LogP contribution in [0, 0.1) is 17.2 Å². The lowest BCUT2D eigenvalue weighted by Crippen LogP contribution is -2.38. The molecule has 0 aromatic rings. The SMILES string of the molecule is CC(C#N)CC(C)NC(=O)OC(C)(C)C. The maximum atomic E-state index is 11.3. The molecule has 0 aromatic heterocycles. The molecule has 0 fully saturated rings. The predicted octanol–water partition coefficient (Wildman–Crippen LogP) is 2.45. The van der Waals surface area contributed by atoms with E-state index in [1.807, 2.05) is 34.6 Å². The second-order valence-corrected chi connectivity index (χ2v) is 4.81. The fourth-order valence-corrected chi connectivity index (χ4v) is 1.15. The molecule has 2 unspecified atom stereocenters. The summed E-state index contributed by atoms with van der Waals surface area (Å²) in [6.45, 7) is 9.13. The summed E-state index contributed by atoms with van der Waals surface area (Å²) in [4.78, 5) is 11.3. The van der Waals surface area contributed by atoms with Gasteiger partial charge in [0.25, 0.3) is 0 Å². The molecule has 0 saturated heterocycles. The summed E-state index contributed by atoms with van der Waals surface area (Å²) in [5, 5.41) is 11.3. The zero-order valence-electron chi connectivity index (χ0n) is 10.1. The second kappa shape index (κ2) is 5.59. The van der Waals surface area contributed by atoms with Crippen molar-refractivity contribution in [3.63, 3.8) is 0 Å². The molecule has 0 aliphatic carbocycles. The minimum atomic E-state index is -0.482. The Morgan fingerprint density at radius 2 is 2.00 bits per heavy atom. The molecule has 15 heavy (non-hydrogen) atoms. The van der Waals surface area contributed by atoms with Gasteiger partial charge in [-0.15, -0.1) is 0 Å². The van der Waals surface area contributed by atoms with E-state index >= 15 is 0 Å². The van der Waals surface area contributed by atoms with Crippen LogP contribution >= 0.6 is 0 Å². The molecule has 0 rings (SSSR count). The summed E-state index contributed by atoms with van der Waals surface area (Å²) in [6, 6.07) is 2.08. The lowest BCUT2D eigenvalue weighted by molar-refractivity contribution is 0.0504. The maximum absolute atomic E-state index is 11.3. The molecule has 0 aromatic carbocycles. The van der Waals surface area contributed by atoms with Crippen molar-refractivity contribution in [2.75, 3.05) is 0 Å². The van der Waals surface area contributed by atoms with E-state index in [9.17, 15) is 4.79 Å². The molecule has 0 saturated carbocycles. The first kappa shape index (κ1) is 13.8. The molecule has 0 aliphatic heterocycles. The van der Waals surface area contributed by atoms with Gasteiger partial charge in [-0.05, 0) is 41.0 Å². The molecule has 4 heteroatoms. The Kier molecular flexibility index (Phi) is 5.13. The highest BCUT2D eigenvalue weighted by molar-refractivity contribution is 5.68. The first-order chi connectivity index (χ1) is 6.74. The topological polar surface area (TPSA) is 62.1 Å². The molecule has 1 N–H and O–H groups in total. The molecular weight excluding hydrogens is 192 g/mol. The summed E-state index contributed by atoms with van der Waals surface area (Å²) in [5.74, 6) is -0.0602. The summed E-state index contributed by atoms with van der Waals surface area (Å²) in [7, 11) is 0. The van der Waals surface area contributed by atoms with Gasteiger partial charge in [0.2, 0.25) is 0 Å². The van der Waals surface area contributed by atoms with Crippen LogP contribution in [0.1, 0.15) is 41.0 Å². The van der Waals surface area contributed by atoms with Crippen molar-refractivity contribution in [2.45, 2.75) is 52.7 Å². The first-order valence-corrected chi connectivity index (χ1v) is 5.13. The molecule has 0 spiro atoms. The van der Waals surface area contributed by atoms with Gasteiger partial charge in [-0.3, -0.25) is 0 Å². The summed E-state index contributed by atoms with van der Waals surface area (Å²) < 4.78 is 5.09. The first-order valence-electron chi connectivity index (χ1n) is 5.13. The van der Waals surface area contributed by atoms with Crippen LogP contribution in [0.4, 0.5) is 4.79 Å². The Hall–Kier alpha value is -1.24. The fraction of sp³-hybridized carbons (Fsp3) is 0.818. The second-order valence-electron chi connectivity index (χ2n) is 4.81. The van der Waals surface area contributed by atoms with Crippen LogP contribution < -0.4 is 5.32 Å². The molecule has 0 radical (unpaired) electrons. The van der Waals surface area contributed by atoms with Crippen LogP contribution in [0.2, 0.25) is 0 Å². The fourth-order valence-electron chi connectivity index (χ4n) is 1.15. The Balaban J connectivity index is 3.93. The molecule has 0 bridgehead atoms. The van der Waals surface area contributed by atoms with Crippen molar-refractivity contribution in [1.82, 2.24) is 5.32 Å². The van der Waals surface area contributed by atoms with Gasteiger partial charge in [0.1, 0.15) is 5.60 Å². The minimum Gasteiger partial charge on any atom is -0.444 e. The molecular formula is C11H20N2O2. The third kappa shape index (κ3) is 7.80. The highest BCUT2D eigenvalue weighted by Gasteiger charge is 2.18. The third-order valence-electron chi connectivity index (χ3n) is 1.69. The number of ether oxygens (including phenoxy) is 1. The number of nitrogens with zero attached hydrogens (tertiary/aromatic N) is 1. The highest BCUT2D eigenvalue weighted by atomic mass is 16.6. The van der Waals surface area contributed by atoms with E-state index < -0.39 is 11.7 Å². The Morgan fingerprint density at radius 1 is 1.47 bits per heavy atom. The van der Waals surface area contributed by atoms with E-state index in [-0.39, 0.29) is 12.0 Å². The molecule has 1 amide bonds. The number of hydrogen-bond donors (Lipinski definition) is 1. The van der Waals surface area contributed by atoms with Crippen LogP contribution in [-0.4, -0.2) is 17.7 Å². The Morgan fingerprint density at radius 3 is 2.40 bits per heavy atom. The number of hydrogen-bond acceptors (Lipinski definition) is 3. The van der Waals surface area contributed by atoms with Crippen LogP contribution in [0.5, 0.6) is 0 Å². The Bertz CT molecular complexity index is 250. The van der Waals surface area contributed by atoms with Crippen molar-refractivity contribution in [2.24, 2.45) is 5.92 Å². The van der Waals surface area contributed by atoms with Gasteiger partial charge >= 0.3 is 6.09 Å². The maximum Gasteiger partial charge on any atom is 0.407 e. The normalized spacial score (nSPS) is 14.9. The number of amides is 1. The van der Waals surface area contributed by atoms with Gasteiger partial charge in [0, 0.05) is 12.0 Å². The zero-order valence-corrected chi connectivity index (χ0v) is 10.1. The van der Waals surface area contributed by atoms with E-state index in [0.29, 0.717) is 6.42 Å². The number of nitriles is 1. The van der Waals surface area contributed by atoms with Crippen molar-refractivity contribution in [3.8, 4) is 6.07 Å². The van der Waals surface area contributed by atoms with Crippen molar-refractivity contribution in [3.05, 3.63) is 0 Å². The number of carbonyl (C=O) groups is 1. The van der Waals surface area contributed by atoms with Crippen molar-refractivity contribution >= 4 is 6.09 Å². The van der Waals surface area contributed by atoms with Crippen molar-refractivity contribution in [1.29, 1.82) is 5.26 Å². The lowest BCUT2D eigenvalue weighted by atomic mass is 10.1. The largest absolute Gasteiger partial charge is 0.444 e. The van der Waals surface area contributed by atoms with Gasteiger partial charge in [-0.2, -0.15) is 5.26 Å².